The third-order valence-corrected chi connectivity index (χ3v) is 7.97. The minimum Gasteiger partial charge on any atom is -0.479 e. The molecule has 7 heteroatoms. The number of cyclic esters (lactones) is 1. The molecule has 0 spiro atoms. The maximum Gasteiger partial charge on any atom is 0.411 e. The number of benzene rings is 2. The topological polar surface area (TPSA) is 87.2 Å². The van der Waals surface area contributed by atoms with Gasteiger partial charge in [0.15, 0.2) is 0 Å². The molecule has 2 amide bonds. The van der Waals surface area contributed by atoms with Gasteiger partial charge in [-0.15, -0.1) is 0 Å². The highest BCUT2D eigenvalue weighted by molar-refractivity contribution is 5.99. The molecule has 0 saturated carbocycles. The molecule has 7 nitrogen and oxygen atoms in total. The standard InChI is InChI=1S/C30H36N2O5/c1-6-20(2)30(27(34)35,29(3,4)5)32-23(18-17-21-13-9-7-10-14-21)25(26(32)33)31-24(19-37-28(31)36)22-15-11-8-12-16-22/h7-18,20,23-25H,6,19H2,1-5H3,(H,34,35)/t20-,23?,24+,25?,30?/m0/s1. The first-order valence-electron chi connectivity index (χ1n) is 12.9. The molecule has 1 N–H and O–H groups in total. The van der Waals surface area contributed by atoms with Gasteiger partial charge in [-0.2, -0.15) is 0 Å². The van der Waals surface area contributed by atoms with Gasteiger partial charge in [0.2, 0.25) is 5.91 Å². The van der Waals surface area contributed by atoms with Crippen molar-refractivity contribution in [1.29, 1.82) is 0 Å². The van der Waals surface area contributed by atoms with Gasteiger partial charge in [-0.3, -0.25) is 9.69 Å². The van der Waals surface area contributed by atoms with Crippen molar-refractivity contribution in [3.8, 4) is 0 Å². The summed E-state index contributed by atoms with van der Waals surface area (Å²) in [5.41, 5.74) is -0.470. The molecular weight excluding hydrogens is 468 g/mol. The normalized spacial score (nSPS) is 24.5. The molecule has 0 aliphatic carbocycles. The summed E-state index contributed by atoms with van der Waals surface area (Å²) in [6, 6.07) is 17.2. The maximum atomic E-state index is 14.1. The van der Waals surface area contributed by atoms with E-state index in [0.29, 0.717) is 6.42 Å². The Morgan fingerprint density at radius 2 is 1.68 bits per heavy atom. The zero-order chi connectivity index (χ0) is 27.0. The SMILES string of the molecule is CC[C@H](C)C(C(=O)O)(N1C(=O)C(N2C(=O)OC[C@@H]2c2ccccc2)C1C=Cc1ccccc1)C(C)(C)C. The van der Waals surface area contributed by atoms with Crippen LogP contribution >= 0.6 is 0 Å². The van der Waals surface area contributed by atoms with Crippen molar-refractivity contribution in [2.75, 3.05) is 6.61 Å². The number of carboxylic acid groups (broad SMARTS) is 1. The number of hydrogen-bond acceptors (Lipinski definition) is 4. The highest BCUT2D eigenvalue weighted by Gasteiger charge is 2.68. The Balaban J connectivity index is 1.84. The molecule has 196 valence electrons. The van der Waals surface area contributed by atoms with Crippen molar-refractivity contribution in [3.63, 3.8) is 0 Å². The highest BCUT2D eigenvalue weighted by atomic mass is 16.6. The Morgan fingerprint density at radius 3 is 2.22 bits per heavy atom. The number of likely N-dealkylation sites (tertiary alicyclic amines) is 1. The quantitative estimate of drug-likeness (QED) is 0.487. The molecule has 4 rings (SSSR count). The second kappa shape index (κ2) is 10.0. The van der Waals surface area contributed by atoms with E-state index in [1.807, 2.05) is 107 Å². The van der Waals surface area contributed by atoms with Crippen LogP contribution in [0, 0.1) is 11.3 Å². The molecule has 0 aromatic heterocycles. The molecule has 5 atom stereocenters. The fraction of sp³-hybridized carbons (Fsp3) is 0.433. The zero-order valence-corrected chi connectivity index (χ0v) is 22.1. The van der Waals surface area contributed by atoms with E-state index in [-0.39, 0.29) is 18.4 Å². The number of ether oxygens (including phenoxy) is 1. The monoisotopic (exact) mass is 504 g/mol. The number of nitrogens with zero attached hydrogens (tertiary/aromatic N) is 2. The fourth-order valence-corrected chi connectivity index (χ4v) is 6.09. The van der Waals surface area contributed by atoms with Crippen molar-refractivity contribution >= 4 is 24.0 Å². The van der Waals surface area contributed by atoms with Crippen molar-refractivity contribution in [1.82, 2.24) is 9.80 Å². The van der Waals surface area contributed by atoms with Crippen LogP contribution in [0.3, 0.4) is 0 Å². The summed E-state index contributed by atoms with van der Waals surface area (Å²) < 4.78 is 5.43. The van der Waals surface area contributed by atoms with Crippen LogP contribution in [-0.4, -0.2) is 57.1 Å². The number of aliphatic carboxylic acids is 1. The number of β-lactam (4-membered cyclic amide) rings is 1. The lowest BCUT2D eigenvalue weighted by Gasteiger charge is -2.62. The van der Waals surface area contributed by atoms with E-state index in [1.54, 1.807) is 0 Å². The molecule has 37 heavy (non-hydrogen) atoms. The second-order valence-electron chi connectivity index (χ2n) is 11.0. The van der Waals surface area contributed by atoms with Crippen LogP contribution < -0.4 is 0 Å². The largest absolute Gasteiger partial charge is 0.479 e. The van der Waals surface area contributed by atoms with Gasteiger partial charge in [-0.25, -0.2) is 9.59 Å². The summed E-state index contributed by atoms with van der Waals surface area (Å²) in [7, 11) is 0. The molecule has 0 radical (unpaired) electrons. The lowest BCUT2D eigenvalue weighted by atomic mass is 9.62. The predicted molar refractivity (Wildman–Crippen MR) is 142 cm³/mol. The van der Waals surface area contributed by atoms with E-state index in [1.165, 1.54) is 9.80 Å². The molecule has 0 bridgehead atoms. The van der Waals surface area contributed by atoms with Crippen molar-refractivity contribution in [2.24, 2.45) is 11.3 Å². The Bertz CT molecular complexity index is 1170. The minimum atomic E-state index is -1.48. The van der Waals surface area contributed by atoms with Gasteiger partial charge < -0.3 is 14.7 Å². The molecule has 2 saturated heterocycles. The van der Waals surface area contributed by atoms with Crippen LogP contribution in [0.5, 0.6) is 0 Å². The van der Waals surface area contributed by atoms with Crippen LogP contribution in [-0.2, 0) is 14.3 Å². The first kappa shape index (κ1) is 26.5. The van der Waals surface area contributed by atoms with Gasteiger partial charge in [0, 0.05) is 0 Å². The molecular formula is C30H36N2O5. The van der Waals surface area contributed by atoms with E-state index >= 15 is 0 Å². The summed E-state index contributed by atoms with van der Waals surface area (Å²) in [6.45, 7) is 9.55. The Labute approximate surface area is 218 Å². The van der Waals surface area contributed by atoms with Crippen molar-refractivity contribution in [3.05, 3.63) is 77.9 Å². The number of hydrogen-bond donors (Lipinski definition) is 1. The van der Waals surface area contributed by atoms with Crippen LogP contribution in [0.15, 0.2) is 66.7 Å². The molecule has 3 unspecified atom stereocenters. The van der Waals surface area contributed by atoms with Gasteiger partial charge in [-0.1, -0.05) is 114 Å². The Hall–Kier alpha value is -3.61. The average Bonchev–Trinajstić information content (AvgIpc) is 3.24. The van der Waals surface area contributed by atoms with Gasteiger partial charge in [0.1, 0.15) is 18.2 Å². The number of carboxylic acids is 1. The molecule has 2 aliphatic heterocycles. The number of amides is 2. The van der Waals surface area contributed by atoms with E-state index in [2.05, 4.69) is 0 Å². The summed E-state index contributed by atoms with van der Waals surface area (Å²) in [5.74, 6) is -1.75. The van der Waals surface area contributed by atoms with Crippen molar-refractivity contribution < 1.29 is 24.2 Å². The Morgan fingerprint density at radius 1 is 1.08 bits per heavy atom. The summed E-state index contributed by atoms with van der Waals surface area (Å²) in [5, 5.41) is 10.7. The predicted octanol–water partition coefficient (Wildman–Crippen LogP) is 5.39. The van der Waals surface area contributed by atoms with Crippen LogP contribution in [0.25, 0.3) is 6.08 Å². The van der Waals surface area contributed by atoms with E-state index in [4.69, 9.17) is 4.74 Å². The molecule has 2 aromatic rings. The van der Waals surface area contributed by atoms with Crippen LogP contribution in [0.4, 0.5) is 4.79 Å². The summed E-state index contributed by atoms with van der Waals surface area (Å²) in [6.07, 6.45) is 3.76. The third kappa shape index (κ3) is 4.30. The first-order valence-corrected chi connectivity index (χ1v) is 12.9. The lowest BCUT2D eigenvalue weighted by Crippen LogP contribution is -2.81. The van der Waals surface area contributed by atoms with Gasteiger partial charge >= 0.3 is 12.1 Å². The summed E-state index contributed by atoms with van der Waals surface area (Å²) in [4.78, 5) is 43.3. The van der Waals surface area contributed by atoms with Gasteiger partial charge in [-0.05, 0) is 22.5 Å². The summed E-state index contributed by atoms with van der Waals surface area (Å²) >= 11 is 0. The van der Waals surface area contributed by atoms with Gasteiger partial charge in [0.05, 0.1) is 12.1 Å². The van der Waals surface area contributed by atoms with Crippen LogP contribution in [0.2, 0.25) is 0 Å². The van der Waals surface area contributed by atoms with Crippen LogP contribution in [0.1, 0.15) is 58.2 Å². The molecule has 2 aliphatic rings. The third-order valence-electron chi connectivity index (χ3n) is 7.97. The minimum absolute atomic E-state index is 0.135. The maximum absolute atomic E-state index is 14.1. The number of carbonyl (C=O) groups is 3. The first-order chi connectivity index (χ1) is 17.6. The second-order valence-corrected chi connectivity index (χ2v) is 11.0. The van der Waals surface area contributed by atoms with E-state index < -0.39 is 41.1 Å². The molecule has 2 heterocycles. The van der Waals surface area contributed by atoms with E-state index in [0.717, 1.165) is 11.1 Å². The fourth-order valence-electron chi connectivity index (χ4n) is 6.09. The molecule has 2 aromatic carbocycles. The highest BCUT2D eigenvalue weighted by Crippen LogP contribution is 2.50. The van der Waals surface area contributed by atoms with Crippen molar-refractivity contribution in [2.45, 2.75) is 64.7 Å². The molecule has 2 fully saturated rings. The Kier molecular flexibility index (Phi) is 7.18. The average molecular weight is 505 g/mol. The number of carbonyl (C=O) groups excluding carboxylic acids is 2. The van der Waals surface area contributed by atoms with Gasteiger partial charge in [0.25, 0.3) is 0 Å². The number of rotatable bonds is 8. The smallest absolute Gasteiger partial charge is 0.411 e. The lowest BCUT2D eigenvalue weighted by molar-refractivity contribution is -0.197. The zero-order valence-electron chi connectivity index (χ0n) is 22.1. The van der Waals surface area contributed by atoms with E-state index in [9.17, 15) is 19.5 Å².